The lowest BCUT2D eigenvalue weighted by Gasteiger charge is -2.31. The number of aromatic amines is 2. The molecule has 2 aliphatic rings. The first-order valence-electron chi connectivity index (χ1n) is 15.8. The first-order chi connectivity index (χ1) is 22.4. The number of H-pyrrole nitrogens is 2. The fourth-order valence-corrected chi connectivity index (χ4v) is 6.61. The van der Waals surface area contributed by atoms with E-state index in [1.165, 1.54) is 0 Å². The molecule has 46 heavy (non-hydrogen) atoms. The smallest absolute Gasteiger partial charge is 0.140 e. The Morgan fingerprint density at radius 2 is 0.957 bits per heavy atom. The maximum Gasteiger partial charge on any atom is 0.140 e. The van der Waals surface area contributed by atoms with Crippen LogP contribution in [0.3, 0.4) is 0 Å². The molecule has 0 unspecified atom stereocenters. The summed E-state index contributed by atoms with van der Waals surface area (Å²) in [6, 6.07) is 28.0. The number of rotatable bonds is 4. The summed E-state index contributed by atoms with van der Waals surface area (Å²) in [6.45, 7) is 3.45. The van der Waals surface area contributed by atoms with Gasteiger partial charge < -0.3 is 30.0 Å². The molecular weight excluding hydrogens is 619 g/mol. The molecule has 0 amide bonds. The highest BCUT2D eigenvalue weighted by molar-refractivity contribution is 6.33. The number of para-hydroxylation sites is 4. The molecule has 0 saturated carbocycles. The van der Waals surface area contributed by atoms with Gasteiger partial charge in [0.15, 0.2) is 0 Å². The third-order valence-corrected chi connectivity index (χ3v) is 9.51. The number of aromatic nitrogens is 4. The molecule has 6 aromatic rings. The average molecular weight is 656 g/mol. The molecule has 8 nitrogen and oxygen atoms in total. The van der Waals surface area contributed by atoms with E-state index in [9.17, 15) is 10.2 Å². The molecule has 2 aliphatic heterocycles. The minimum absolute atomic E-state index is 0.173. The van der Waals surface area contributed by atoms with Gasteiger partial charge in [0.05, 0.1) is 44.3 Å². The van der Waals surface area contributed by atoms with Gasteiger partial charge in [-0.2, -0.15) is 0 Å². The lowest BCUT2D eigenvalue weighted by Crippen LogP contribution is -2.35. The number of halogens is 2. The van der Waals surface area contributed by atoms with E-state index in [0.29, 0.717) is 10.0 Å². The van der Waals surface area contributed by atoms with E-state index in [-0.39, 0.29) is 12.2 Å². The first-order valence-corrected chi connectivity index (χ1v) is 16.5. The molecule has 0 radical (unpaired) electrons. The predicted molar refractivity (Wildman–Crippen MR) is 188 cm³/mol. The molecule has 2 saturated heterocycles. The molecule has 4 aromatic carbocycles. The quantitative estimate of drug-likeness (QED) is 0.155. The highest BCUT2D eigenvalue weighted by atomic mass is 35.5. The SMILES string of the molecule is OC1CCN(c2ccc(Cl)c(-c3nc4ccccc4[nH]3)c2)CC1.OC1CCN(c2ccc(Cl)c(-c3nc4ccccc4[nH]3)c2)CC1. The summed E-state index contributed by atoms with van der Waals surface area (Å²) in [5.74, 6) is 1.57. The molecule has 0 aliphatic carbocycles. The summed E-state index contributed by atoms with van der Waals surface area (Å²) in [6.07, 6.45) is 2.89. The lowest BCUT2D eigenvalue weighted by atomic mass is 10.1. The Hall–Kier alpha value is -4.08. The Morgan fingerprint density at radius 3 is 1.35 bits per heavy atom. The number of aliphatic hydroxyl groups excluding tert-OH is 2. The summed E-state index contributed by atoms with van der Waals surface area (Å²) >= 11 is 12.8. The van der Waals surface area contributed by atoms with Gasteiger partial charge in [0.1, 0.15) is 11.6 Å². The standard InChI is InChI=1S/2C18H18ClN3O/c2*19-15-6-5-12(22-9-7-13(23)8-10-22)11-14(15)18-20-16-3-1-2-4-17(16)21-18/h2*1-6,11,13,23H,7-10H2,(H,20,21). The van der Waals surface area contributed by atoms with Crippen LogP contribution in [0.2, 0.25) is 10.0 Å². The van der Waals surface area contributed by atoms with Gasteiger partial charge in [-0.05, 0) is 86.3 Å². The van der Waals surface area contributed by atoms with E-state index >= 15 is 0 Å². The maximum absolute atomic E-state index is 9.67. The minimum Gasteiger partial charge on any atom is -0.393 e. The molecule has 2 fully saturated rings. The third kappa shape index (κ3) is 6.57. The van der Waals surface area contributed by atoms with Crippen LogP contribution in [0.1, 0.15) is 25.7 Å². The molecule has 8 rings (SSSR count). The van der Waals surface area contributed by atoms with Crippen LogP contribution in [0.5, 0.6) is 0 Å². The van der Waals surface area contributed by atoms with Crippen LogP contribution >= 0.6 is 23.2 Å². The monoisotopic (exact) mass is 654 g/mol. The van der Waals surface area contributed by atoms with E-state index in [1.54, 1.807) is 0 Å². The number of anilines is 2. The van der Waals surface area contributed by atoms with Crippen molar-refractivity contribution >= 4 is 56.6 Å². The molecular formula is C36H36Cl2N6O2. The first kappa shape index (κ1) is 30.6. The largest absolute Gasteiger partial charge is 0.393 e. The predicted octanol–water partition coefficient (Wildman–Crippen LogP) is 7.69. The van der Waals surface area contributed by atoms with Crippen molar-refractivity contribution in [2.45, 2.75) is 37.9 Å². The molecule has 0 bridgehead atoms. The van der Waals surface area contributed by atoms with Crippen molar-refractivity contribution in [3.8, 4) is 22.8 Å². The summed E-state index contributed by atoms with van der Waals surface area (Å²) in [5, 5.41) is 20.7. The van der Waals surface area contributed by atoms with Gasteiger partial charge in [0, 0.05) is 48.7 Å². The van der Waals surface area contributed by atoms with Gasteiger partial charge in [0.25, 0.3) is 0 Å². The molecule has 236 valence electrons. The Kier molecular flexibility index (Phi) is 8.86. The van der Waals surface area contributed by atoms with E-state index in [1.807, 2.05) is 72.8 Å². The zero-order valence-corrected chi connectivity index (χ0v) is 26.8. The normalized spacial score (nSPS) is 16.2. The van der Waals surface area contributed by atoms with Crippen molar-refractivity contribution < 1.29 is 10.2 Å². The van der Waals surface area contributed by atoms with Crippen LogP contribution < -0.4 is 9.80 Å². The van der Waals surface area contributed by atoms with Crippen LogP contribution in [-0.4, -0.2) is 68.5 Å². The van der Waals surface area contributed by atoms with Crippen LogP contribution in [-0.2, 0) is 0 Å². The maximum atomic E-state index is 9.67. The number of nitrogens with zero attached hydrogens (tertiary/aromatic N) is 4. The van der Waals surface area contributed by atoms with Crippen molar-refractivity contribution in [1.29, 1.82) is 0 Å². The van der Waals surface area contributed by atoms with Crippen LogP contribution in [0.4, 0.5) is 11.4 Å². The highest BCUT2D eigenvalue weighted by Gasteiger charge is 2.20. The average Bonchev–Trinajstić information content (AvgIpc) is 3.71. The van der Waals surface area contributed by atoms with Gasteiger partial charge >= 0.3 is 0 Å². The van der Waals surface area contributed by atoms with Crippen molar-refractivity contribution in [3.63, 3.8) is 0 Å². The van der Waals surface area contributed by atoms with Crippen molar-refractivity contribution in [1.82, 2.24) is 19.9 Å². The summed E-state index contributed by atoms with van der Waals surface area (Å²) in [5.41, 5.74) is 7.94. The molecule has 4 heterocycles. The van der Waals surface area contributed by atoms with Crippen LogP contribution in [0.15, 0.2) is 84.9 Å². The molecule has 0 spiro atoms. The Morgan fingerprint density at radius 1 is 0.565 bits per heavy atom. The highest BCUT2D eigenvalue weighted by Crippen LogP contribution is 2.34. The Balaban J connectivity index is 0.000000147. The summed E-state index contributed by atoms with van der Waals surface area (Å²) < 4.78 is 0. The fourth-order valence-electron chi connectivity index (χ4n) is 6.19. The topological polar surface area (TPSA) is 104 Å². The molecule has 0 atom stereocenters. The van der Waals surface area contributed by atoms with Gasteiger partial charge in [-0.15, -0.1) is 0 Å². The second kappa shape index (κ2) is 13.3. The zero-order chi connectivity index (χ0) is 31.6. The second-order valence-corrected chi connectivity index (χ2v) is 12.8. The number of benzene rings is 4. The zero-order valence-electron chi connectivity index (χ0n) is 25.3. The number of piperidine rings is 2. The molecule has 2 aromatic heterocycles. The van der Waals surface area contributed by atoms with Gasteiger partial charge in [0.2, 0.25) is 0 Å². The number of nitrogens with one attached hydrogen (secondary N) is 2. The summed E-state index contributed by atoms with van der Waals surface area (Å²) in [4.78, 5) is 20.5. The van der Waals surface area contributed by atoms with E-state index < -0.39 is 0 Å². The number of hydrogen-bond donors (Lipinski definition) is 4. The number of aliphatic hydroxyl groups is 2. The number of fused-ring (bicyclic) bond motifs is 2. The van der Waals surface area contributed by atoms with E-state index in [0.717, 1.165) is 108 Å². The lowest BCUT2D eigenvalue weighted by molar-refractivity contribution is 0.145. The minimum atomic E-state index is -0.173. The van der Waals surface area contributed by atoms with E-state index in [2.05, 4.69) is 41.9 Å². The Bertz CT molecular complexity index is 1750. The van der Waals surface area contributed by atoms with Gasteiger partial charge in [-0.3, -0.25) is 0 Å². The van der Waals surface area contributed by atoms with Crippen molar-refractivity contribution in [3.05, 3.63) is 95.0 Å². The summed E-state index contributed by atoms with van der Waals surface area (Å²) in [7, 11) is 0. The molecule has 4 N–H and O–H groups in total. The Labute approximate surface area is 277 Å². The number of imidazole rings is 2. The van der Waals surface area contributed by atoms with Crippen LogP contribution in [0.25, 0.3) is 44.8 Å². The third-order valence-electron chi connectivity index (χ3n) is 8.85. The van der Waals surface area contributed by atoms with Crippen molar-refractivity contribution in [2.24, 2.45) is 0 Å². The van der Waals surface area contributed by atoms with Crippen molar-refractivity contribution in [2.75, 3.05) is 36.0 Å². The number of hydrogen-bond acceptors (Lipinski definition) is 6. The fraction of sp³-hybridized carbons (Fsp3) is 0.278. The van der Waals surface area contributed by atoms with Gasteiger partial charge in [-0.1, -0.05) is 47.5 Å². The van der Waals surface area contributed by atoms with Crippen LogP contribution in [0, 0.1) is 0 Å². The molecule has 10 heteroatoms. The second-order valence-electron chi connectivity index (χ2n) is 12.0. The van der Waals surface area contributed by atoms with E-state index in [4.69, 9.17) is 23.2 Å². The van der Waals surface area contributed by atoms with Gasteiger partial charge in [-0.25, -0.2) is 9.97 Å².